The Labute approximate surface area is 91.7 Å². The van der Waals surface area contributed by atoms with Crippen LogP contribution in [0.25, 0.3) is 0 Å². The number of benzene rings is 1. The van der Waals surface area contributed by atoms with Crippen molar-refractivity contribution in [2.45, 2.75) is 32.9 Å². The fourth-order valence-corrected chi connectivity index (χ4v) is 1.34. The lowest BCUT2D eigenvalue weighted by molar-refractivity contribution is 0.268. The molecule has 2 nitrogen and oxygen atoms in total. The van der Waals surface area contributed by atoms with Gasteiger partial charge in [-0.15, -0.1) is 0 Å². The molecule has 0 heterocycles. The first-order valence-electron chi connectivity index (χ1n) is 5.20. The number of aryl methyl sites for hydroxylation is 1. The minimum absolute atomic E-state index is 0.0323. The number of nitrogens with two attached hydrogens (primary N) is 1. The molecule has 1 unspecified atom stereocenters. The molecule has 1 aromatic rings. The molecular formula is C13H19NO. The van der Waals surface area contributed by atoms with Gasteiger partial charge in [-0.1, -0.05) is 24.8 Å². The van der Waals surface area contributed by atoms with E-state index in [1.165, 1.54) is 0 Å². The molecule has 0 spiro atoms. The van der Waals surface area contributed by atoms with Gasteiger partial charge in [0.2, 0.25) is 0 Å². The number of ether oxygens (including phenoxy) is 1. The minimum atomic E-state index is 0.0323. The molecule has 0 amide bonds. The summed E-state index contributed by atoms with van der Waals surface area (Å²) in [5.41, 5.74) is 8.04. The molecule has 0 aliphatic heterocycles. The van der Waals surface area contributed by atoms with Crippen molar-refractivity contribution >= 4 is 0 Å². The predicted octanol–water partition coefficient (Wildman–Crippen LogP) is 2.97. The van der Waals surface area contributed by atoms with Crippen molar-refractivity contribution in [3.8, 4) is 5.75 Å². The Hall–Kier alpha value is -1.28. The first kappa shape index (κ1) is 11.8. The lowest BCUT2D eigenvalue weighted by Gasteiger charge is -2.14. The Morgan fingerprint density at radius 2 is 2.07 bits per heavy atom. The first-order valence-corrected chi connectivity index (χ1v) is 5.20. The monoisotopic (exact) mass is 205 g/mol. The molecule has 1 aromatic carbocycles. The van der Waals surface area contributed by atoms with Crippen molar-refractivity contribution in [2.24, 2.45) is 5.73 Å². The van der Waals surface area contributed by atoms with Crippen LogP contribution in [0, 0.1) is 6.92 Å². The lowest BCUT2D eigenvalue weighted by Crippen LogP contribution is -2.09. The van der Waals surface area contributed by atoms with Crippen molar-refractivity contribution in [1.29, 1.82) is 0 Å². The molecule has 0 fully saturated rings. The zero-order chi connectivity index (χ0) is 11.4. The molecule has 0 aliphatic carbocycles. The molecule has 0 bridgehead atoms. The molecule has 0 aliphatic rings. The van der Waals surface area contributed by atoms with E-state index in [1.54, 1.807) is 6.08 Å². The molecule has 0 aromatic heterocycles. The van der Waals surface area contributed by atoms with Crippen LogP contribution in [0.4, 0.5) is 0 Å². The second-order valence-electron chi connectivity index (χ2n) is 3.87. The molecular weight excluding hydrogens is 186 g/mol. The zero-order valence-electron chi connectivity index (χ0n) is 9.66. The van der Waals surface area contributed by atoms with E-state index in [1.807, 2.05) is 32.9 Å². The maximum Gasteiger partial charge on any atom is 0.123 e. The van der Waals surface area contributed by atoms with Crippen LogP contribution in [-0.2, 0) is 0 Å². The van der Waals surface area contributed by atoms with Crippen LogP contribution < -0.4 is 10.5 Å². The third-order valence-electron chi connectivity index (χ3n) is 2.37. The van der Waals surface area contributed by atoms with E-state index >= 15 is 0 Å². The van der Waals surface area contributed by atoms with Gasteiger partial charge in [0.25, 0.3) is 0 Å². The SMILES string of the molecule is C=CC(C)Oc1ccc([C@H](C)N)cc1C. The van der Waals surface area contributed by atoms with Gasteiger partial charge in [0.1, 0.15) is 11.9 Å². The van der Waals surface area contributed by atoms with E-state index in [9.17, 15) is 0 Å². The van der Waals surface area contributed by atoms with Crippen LogP contribution >= 0.6 is 0 Å². The van der Waals surface area contributed by atoms with Gasteiger partial charge in [0, 0.05) is 6.04 Å². The van der Waals surface area contributed by atoms with E-state index < -0.39 is 0 Å². The smallest absolute Gasteiger partial charge is 0.123 e. The summed E-state index contributed by atoms with van der Waals surface area (Å²) in [6.07, 6.45) is 1.81. The Kier molecular flexibility index (Phi) is 3.92. The Morgan fingerprint density at radius 1 is 1.40 bits per heavy atom. The summed E-state index contributed by atoms with van der Waals surface area (Å²) in [5, 5.41) is 0. The highest BCUT2D eigenvalue weighted by Gasteiger charge is 2.05. The summed E-state index contributed by atoms with van der Waals surface area (Å²) in [4.78, 5) is 0. The largest absolute Gasteiger partial charge is 0.486 e. The van der Waals surface area contributed by atoms with Gasteiger partial charge >= 0.3 is 0 Å². The quantitative estimate of drug-likeness (QED) is 0.767. The molecule has 2 atom stereocenters. The van der Waals surface area contributed by atoms with Crippen molar-refractivity contribution < 1.29 is 4.74 Å². The van der Waals surface area contributed by atoms with Crippen LogP contribution in [0.3, 0.4) is 0 Å². The molecule has 2 N–H and O–H groups in total. The molecule has 0 saturated carbocycles. The van der Waals surface area contributed by atoms with Gasteiger partial charge in [-0.25, -0.2) is 0 Å². The zero-order valence-corrected chi connectivity index (χ0v) is 9.66. The van der Waals surface area contributed by atoms with Gasteiger partial charge < -0.3 is 10.5 Å². The summed E-state index contributed by atoms with van der Waals surface area (Å²) in [6.45, 7) is 9.65. The third-order valence-corrected chi connectivity index (χ3v) is 2.37. The van der Waals surface area contributed by atoms with Crippen LogP contribution in [-0.4, -0.2) is 6.10 Å². The fourth-order valence-electron chi connectivity index (χ4n) is 1.34. The molecule has 82 valence electrons. The first-order chi connectivity index (χ1) is 7.04. The van der Waals surface area contributed by atoms with Gasteiger partial charge in [-0.05, 0) is 38.0 Å². The molecule has 1 rings (SSSR count). The summed E-state index contributed by atoms with van der Waals surface area (Å²) in [7, 11) is 0. The van der Waals surface area contributed by atoms with Gasteiger partial charge in [0.05, 0.1) is 0 Å². The maximum atomic E-state index is 5.80. The van der Waals surface area contributed by atoms with Gasteiger partial charge in [0.15, 0.2) is 0 Å². The molecule has 0 saturated heterocycles. The van der Waals surface area contributed by atoms with E-state index in [0.29, 0.717) is 0 Å². The number of hydrogen-bond acceptors (Lipinski definition) is 2. The third kappa shape index (κ3) is 3.10. The van der Waals surface area contributed by atoms with E-state index in [0.717, 1.165) is 16.9 Å². The van der Waals surface area contributed by atoms with E-state index in [4.69, 9.17) is 10.5 Å². The Morgan fingerprint density at radius 3 is 2.53 bits per heavy atom. The molecule has 15 heavy (non-hydrogen) atoms. The normalized spacial score (nSPS) is 14.4. The van der Waals surface area contributed by atoms with Gasteiger partial charge in [-0.3, -0.25) is 0 Å². The van der Waals surface area contributed by atoms with Gasteiger partial charge in [-0.2, -0.15) is 0 Å². The lowest BCUT2D eigenvalue weighted by atomic mass is 10.1. The molecule has 0 radical (unpaired) electrons. The van der Waals surface area contributed by atoms with Crippen LogP contribution in [0.2, 0.25) is 0 Å². The predicted molar refractivity (Wildman–Crippen MR) is 64.1 cm³/mol. The van der Waals surface area contributed by atoms with Crippen LogP contribution in [0.15, 0.2) is 30.9 Å². The molecule has 2 heteroatoms. The van der Waals surface area contributed by atoms with Crippen molar-refractivity contribution in [3.05, 3.63) is 42.0 Å². The topological polar surface area (TPSA) is 35.2 Å². The Bertz CT molecular complexity index is 344. The number of hydrogen-bond donors (Lipinski definition) is 1. The van der Waals surface area contributed by atoms with Crippen LogP contribution in [0.1, 0.15) is 31.0 Å². The summed E-state index contributed by atoms with van der Waals surface area (Å²) >= 11 is 0. The highest BCUT2D eigenvalue weighted by atomic mass is 16.5. The Balaban J connectivity index is 2.88. The van der Waals surface area contributed by atoms with Crippen molar-refractivity contribution in [1.82, 2.24) is 0 Å². The second kappa shape index (κ2) is 4.99. The van der Waals surface area contributed by atoms with E-state index in [-0.39, 0.29) is 12.1 Å². The second-order valence-corrected chi connectivity index (χ2v) is 3.87. The highest BCUT2D eigenvalue weighted by molar-refractivity contribution is 5.37. The average molecular weight is 205 g/mol. The van der Waals surface area contributed by atoms with Crippen LogP contribution in [0.5, 0.6) is 5.75 Å². The average Bonchev–Trinajstić information content (AvgIpc) is 2.20. The van der Waals surface area contributed by atoms with E-state index in [2.05, 4.69) is 12.6 Å². The standard InChI is InChI=1S/C13H19NO/c1-5-10(3)15-13-7-6-12(11(4)14)8-9(13)2/h5-8,10-11H,1,14H2,2-4H3/t10?,11-/m0/s1. The number of rotatable bonds is 4. The maximum absolute atomic E-state index is 5.80. The van der Waals surface area contributed by atoms with Crippen molar-refractivity contribution in [3.63, 3.8) is 0 Å². The summed E-state index contributed by atoms with van der Waals surface area (Å²) < 4.78 is 5.67. The summed E-state index contributed by atoms with van der Waals surface area (Å²) in [5.74, 6) is 0.895. The highest BCUT2D eigenvalue weighted by Crippen LogP contribution is 2.22. The summed E-state index contributed by atoms with van der Waals surface area (Å²) in [6, 6.07) is 6.10. The van der Waals surface area contributed by atoms with Crippen molar-refractivity contribution in [2.75, 3.05) is 0 Å². The fraction of sp³-hybridized carbons (Fsp3) is 0.385. The minimum Gasteiger partial charge on any atom is -0.486 e.